The van der Waals surface area contributed by atoms with Crippen molar-refractivity contribution < 1.29 is 9.32 Å². The minimum Gasteiger partial charge on any atom is -0.352 e. The highest BCUT2D eigenvalue weighted by atomic mass is 32.1. The highest BCUT2D eigenvalue weighted by Crippen LogP contribution is 2.32. The molecule has 138 valence electrons. The first-order chi connectivity index (χ1) is 13.0. The highest BCUT2D eigenvalue weighted by molar-refractivity contribution is 7.12. The lowest BCUT2D eigenvalue weighted by Crippen LogP contribution is -2.26. The molecule has 4 heterocycles. The number of amides is 1. The molecule has 7 heteroatoms. The molecule has 0 aliphatic carbocycles. The van der Waals surface area contributed by atoms with Gasteiger partial charge in [0.1, 0.15) is 0 Å². The minimum absolute atomic E-state index is 0.129. The fourth-order valence-electron chi connectivity index (χ4n) is 3.15. The van der Waals surface area contributed by atoms with Crippen LogP contribution in [-0.4, -0.2) is 22.6 Å². The predicted octanol–water partition coefficient (Wildman–Crippen LogP) is 4.91. The third-order valence-corrected chi connectivity index (χ3v) is 6.32. The normalized spacial score (nSPS) is 11.2. The molecule has 27 heavy (non-hydrogen) atoms. The van der Waals surface area contributed by atoms with Gasteiger partial charge in [0, 0.05) is 26.7 Å². The first-order valence-electron chi connectivity index (χ1n) is 8.68. The van der Waals surface area contributed by atoms with E-state index in [2.05, 4.69) is 41.4 Å². The van der Waals surface area contributed by atoms with E-state index < -0.39 is 0 Å². The van der Waals surface area contributed by atoms with Crippen molar-refractivity contribution in [3.05, 3.63) is 55.5 Å². The van der Waals surface area contributed by atoms with E-state index in [1.807, 2.05) is 24.4 Å². The summed E-state index contributed by atoms with van der Waals surface area (Å²) in [5.74, 6) is -0.129. The molecule has 0 aromatic carbocycles. The van der Waals surface area contributed by atoms with Crippen LogP contribution in [0.5, 0.6) is 0 Å². The van der Waals surface area contributed by atoms with Gasteiger partial charge in [0.2, 0.25) is 0 Å². The van der Waals surface area contributed by atoms with Gasteiger partial charge in [0.15, 0.2) is 0 Å². The summed E-state index contributed by atoms with van der Waals surface area (Å²) in [6.45, 7) is 6.54. The fourth-order valence-corrected chi connectivity index (χ4v) is 4.79. The highest BCUT2D eigenvalue weighted by Gasteiger charge is 2.20. The van der Waals surface area contributed by atoms with Gasteiger partial charge in [-0.3, -0.25) is 4.79 Å². The summed E-state index contributed by atoms with van der Waals surface area (Å²) >= 11 is 3.41. The quantitative estimate of drug-likeness (QED) is 0.519. The summed E-state index contributed by atoms with van der Waals surface area (Å²) in [6.07, 6.45) is 0.815. The molecule has 0 aliphatic rings. The van der Waals surface area contributed by atoms with Crippen molar-refractivity contribution in [1.29, 1.82) is 0 Å². The molecule has 0 radical (unpaired) electrons. The number of pyridine rings is 1. The van der Waals surface area contributed by atoms with E-state index in [1.54, 1.807) is 22.7 Å². The van der Waals surface area contributed by atoms with Gasteiger partial charge >= 0.3 is 0 Å². The molecule has 4 aromatic heterocycles. The average molecular weight is 398 g/mol. The number of aromatic nitrogens is 2. The molecule has 0 spiro atoms. The van der Waals surface area contributed by atoms with Crippen LogP contribution in [0.25, 0.3) is 22.4 Å². The Morgan fingerprint density at radius 3 is 2.81 bits per heavy atom. The lowest BCUT2D eigenvalue weighted by molar-refractivity contribution is 0.0955. The number of nitrogens with zero attached hydrogens (tertiary/aromatic N) is 2. The molecular formula is C20H19N3O2S2. The van der Waals surface area contributed by atoms with Crippen LogP contribution in [0.4, 0.5) is 0 Å². The van der Waals surface area contributed by atoms with Gasteiger partial charge in [-0.05, 0) is 50.8 Å². The van der Waals surface area contributed by atoms with Crippen LogP contribution < -0.4 is 5.32 Å². The molecule has 4 rings (SSSR count). The summed E-state index contributed by atoms with van der Waals surface area (Å²) in [5, 5.41) is 9.75. The number of aryl methyl sites for hydroxylation is 3. The number of hydrogen-bond acceptors (Lipinski definition) is 6. The van der Waals surface area contributed by atoms with Crippen LogP contribution in [0.1, 0.15) is 30.7 Å². The lowest BCUT2D eigenvalue weighted by Gasteiger charge is -2.08. The zero-order valence-corrected chi connectivity index (χ0v) is 17.0. The Balaban J connectivity index is 1.68. The largest absolute Gasteiger partial charge is 0.352 e. The molecule has 0 bridgehead atoms. The Morgan fingerprint density at radius 2 is 2.11 bits per heavy atom. The predicted molar refractivity (Wildman–Crippen MR) is 110 cm³/mol. The Morgan fingerprint density at radius 1 is 1.26 bits per heavy atom. The van der Waals surface area contributed by atoms with E-state index in [-0.39, 0.29) is 5.91 Å². The van der Waals surface area contributed by atoms with Crippen LogP contribution in [0.15, 0.2) is 34.2 Å². The SMILES string of the molecule is Cc1cc(-c2cc(C(=O)NCCc3cccs3)c3c(C)noc3n2)c(C)s1. The van der Waals surface area contributed by atoms with Gasteiger partial charge in [0.05, 0.1) is 22.3 Å². The van der Waals surface area contributed by atoms with E-state index in [9.17, 15) is 4.79 Å². The summed E-state index contributed by atoms with van der Waals surface area (Å²) in [5.41, 5.74) is 3.40. The lowest BCUT2D eigenvalue weighted by atomic mass is 10.1. The number of fused-ring (bicyclic) bond motifs is 1. The summed E-state index contributed by atoms with van der Waals surface area (Å²) < 4.78 is 5.38. The number of hydrogen-bond donors (Lipinski definition) is 1. The van der Waals surface area contributed by atoms with Gasteiger partial charge in [-0.25, -0.2) is 4.98 Å². The first kappa shape index (κ1) is 17.9. The Hall–Kier alpha value is -2.51. The second kappa shape index (κ2) is 7.25. The van der Waals surface area contributed by atoms with Crippen molar-refractivity contribution >= 4 is 39.7 Å². The van der Waals surface area contributed by atoms with Crippen molar-refractivity contribution in [3.8, 4) is 11.3 Å². The van der Waals surface area contributed by atoms with Crippen molar-refractivity contribution in [2.75, 3.05) is 6.54 Å². The molecule has 0 atom stereocenters. The second-order valence-corrected chi connectivity index (χ2v) is 8.91. The van der Waals surface area contributed by atoms with Crippen LogP contribution in [-0.2, 0) is 6.42 Å². The van der Waals surface area contributed by atoms with Crippen LogP contribution in [0.3, 0.4) is 0 Å². The van der Waals surface area contributed by atoms with Crippen molar-refractivity contribution in [3.63, 3.8) is 0 Å². The number of thiophene rings is 2. The van der Waals surface area contributed by atoms with Gasteiger partial charge in [-0.2, -0.15) is 0 Å². The number of rotatable bonds is 5. The molecule has 0 unspecified atom stereocenters. The maximum atomic E-state index is 12.9. The number of carbonyl (C=O) groups is 1. The Bertz CT molecular complexity index is 1110. The molecule has 0 saturated carbocycles. The monoisotopic (exact) mass is 397 g/mol. The summed E-state index contributed by atoms with van der Waals surface area (Å²) in [4.78, 5) is 21.1. The maximum Gasteiger partial charge on any atom is 0.259 e. The standard InChI is InChI=1S/C20H19N3O2S2/c1-11-9-15(13(3)27-11)17-10-16(18-12(2)23-25-20(18)22-17)19(24)21-7-6-14-5-4-8-26-14/h4-5,8-10H,6-7H2,1-3H3,(H,21,24). The molecule has 1 N–H and O–H groups in total. The van der Waals surface area contributed by atoms with E-state index in [0.717, 1.165) is 17.7 Å². The molecular weight excluding hydrogens is 378 g/mol. The molecule has 0 saturated heterocycles. The van der Waals surface area contributed by atoms with Crippen LogP contribution >= 0.6 is 22.7 Å². The van der Waals surface area contributed by atoms with Gasteiger partial charge in [-0.1, -0.05) is 11.2 Å². The van der Waals surface area contributed by atoms with E-state index >= 15 is 0 Å². The second-order valence-electron chi connectivity index (χ2n) is 6.42. The third kappa shape index (κ3) is 3.52. The minimum atomic E-state index is -0.129. The molecule has 5 nitrogen and oxygen atoms in total. The van der Waals surface area contributed by atoms with E-state index in [0.29, 0.717) is 28.9 Å². The Labute approximate surface area is 165 Å². The van der Waals surface area contributed by atoms with Crippen LogP contribution in [0, 0.1) is 20.8 Å². The van der Waals surface area contributed by atoms with E-state index in [4.69, 9.17) is 4.52 Å². The molecule has 0 fully saturated rings. The first-order valence-corrected chi connectivity index (χ1v) is 10.4. The smallest absolute Gasteiger partial charge is 0.259 e. The molecule has 1 amide bonds. The Kier molecular flexibility index (Phi) is 4.80. The van der Waals surface area contributed by atoms with Crippen molar-refractivity contribution in [1.82, 2.24) is 15.5 Å². The van der Waals surface area contributed by atoms with Crippen molar-refractivity contribution in [2.24, 2.45) is 0 Å². The van der Waals surface area contributed by atoms with Crippen molar-refractivity contribution in [2.45, 2.75) is 27.2 Å². The zero-order valence-electron chi connectivity index (χ0n) is 15.3. The number of carbonyl (C=O) groups excluding carboxylic acids is 1. The summed E-state index contributed by atoms with van der Waals surface area (Å²) in [7, 11) is 0. The number of nitrogens with one attached hydrogen (secondary N) is 1. The average Bonchev–Trinajstić information content (AvgIpc) is 3.36. The van der Waals surface area contributed by atoms with Gasteiger partial charge in [0.25, 0.3) is 11.6 Å². The fraction of sp³-hybridized carbons (Fsp3) is 0.250. The van der Waals surface area contributed by atoms with Gasteiger partial charge in [-0.15, -0.1) is 22.7 Å². The summed E-state index contributed by atoms with van der Waals surface area (Å²) in [6, 6.07) is 8.04. The van der Waals surface area contributed by atoms with Crippen LogP contribution in [0.2, 0.25) is 0 Å². The topological polar surface area (TPSA) is 68.0 Å². The van der Waals surface area contributed by atoms with Gasteiger partial charge < -0.3 is 9.84 Å². The zero-order chi connectivity index (χ0) is 19.0. The molecule has 4 aromatic rings. The third-order valence-electron chi connectivity index (χ3n) is 4.42. The molecule has 0 aliphatic heterocycles. The van der Waals surface area contributed by atoms with E-state index in [1.165, 1.54) is 14.6 Å². The maximum absolute atomic E-state index is 12.9.